The van der Waals surface area contributed by atoms with E-state index in [-0.39, 0.29) is 17.1 Å². The summed E-state index contributed by atoms with van der Waals surface area (Å²) in [6.07, 6.45) is 6.49. The molecule has 6 heteroatoms. The van der Waals surface area contributed by atoms with Crippen LogP contribution < -0.4 is 4.90 Å². The van der Waals surface area contributed by atoms with E-state index in [2.05, 4.69) is 6.92 Å². The number of unbranched alkanes of at least 4 members (excludes halogenated alkanes) is 2. The zero-order chi connectivity index (χ0) is 21.5. The van der Waals surface area contributed by atoms with Crippen LogP contribution in [0.2, 0.25) is 0 Å². The third-order valence-corrected chi connectivity index (χ3v) is 7.97. The van der Waals surface area contributed by atoms with Crippen LogP contribution in [0.4, 0.5) is 5.69 Å². The molecule has 4 nitrogen and oxygen atoms in total. The summed E-state index contributed by atoms with van der Waals surface area (Å²) in [5, 5.41) is 10.5. The van der Waals surface area contributed by atoms with E-state index in [9.17, 15) is 14.7 Å². The molecule has 162 valence electrons. The van der Waals surface area contributed by atoms with E-state index >= 15 is 0 Å². The lowest BCUT2D eigenvalue weighted by atomic mass is 10.0. The standard InChI is InChI=1S/C24H31NO3S2/c1-3-4-5-8-21(27)18-10-12-19(13-11-18)25-23(28)16-29-24(25)9-6-7-20-14-15-22(30-20)17(2)26/h10-15,21,24,27H,3-9,16H2,1-2H3. The third kappa shape index (κ3) is 5.96. The molecular formula is C24H31NO3S2. The van der Waals surface area contributed by atoms with Crippen LogP contribution in [-0.2, 0) is 11.2 Å². The van der Waals surface area contributed by atoms with Crippen molar-refractivity contribution in [3.05, 3.63) is 51.7 Å². The van der Waals surface area contributed by atoms with Crippen LogP contribution in [0.5, 0.6) is 0 Å². The molecular weight excluding hydrogens is 414 g/mol. The van der Waals surface area contributed by atoms with Crippen LogP contribution >= 0.6 is 23.1 Å². The molecule has 30 heavy (non-hydrogen) atoms. The van der Waals surface area contributed by atoms with Gasteiger partial charge in [0.05, 0.1) is 22.1 Å². The number of benzene rings is 1. The van der Waals surface area contributed by atoms with Crippen molar-refractivity contribution >= 4 is 40.5 Å². The summed E-state index contributed by atoms with van der Waals surface area (Å²) in [5.41, 5.74) is 1.83. The molecule has 2 aromatic rings. The van der Waals surface area contributed by atoms with E-state index in [1.165, 1.54) is 4.88 Å². The van der Waals surface area contributed by atoms with E-state index < -0.39 is 6.10 Å². The van der Waals surface area contributed by atoms with Crippen LogP contribution in [0, 0.1) is 0 Å². The molecule has 2 unspecified atom stereocenters. The van der Waals surface area contributed by atoms with Crippen molar-refractivity contribution in [2.24, 2.45) is 0 Å². The van der Waals surface area contributed by atoms with Gasteiger partial charge in [-0.2, -0.15) is 0 Å². The lowest BCUT2D eigenvalue weighted by molar-refractivity contribution is -0.115. The Bertz CT molecular complexity index is 846. The van der Waals surface area contributed by atoms with Crippen LogP contribution in [0.15, 0.2) is 36.4 Å². The number of Topliss-reactive ketones (excluding diaryl/α,β-unsaturated/α-hetero) is 1. The Balaban J connectivity index is 1.56. The van der Waals surface area contributed by atoms with Gasteiger partial charge in [-0.25, -0.2) is 0 Å². The van der Waals surface area contributed by atoms with Gasteiger partial charge in [-0.15, -0.1) is 23.1 Å². The Kier molecular flexibility index (Phi) is 8.54. The molecule has 1 aromatic carbocycles. The minimum absolute atomic E-state index is 0.119. The summed E-state index contributed by atoms with van der Waals surface area (Å²) < 4.78 is 0. The summed E-state index contributed by atoms with van der Waals surface area (Å²) in [5.74, 6) is 0.782. The molecule has 0 bridgehead atoms. The smallest absolute Gasteiger partial charge is 0.238 e. The van der Waals surface area contributed by atoms with Crippen molar-refractivity contribution in [1.82, 2.24) is 0 Å². The van der Waals surface area contributed by atoms with Gasteiger partial charge in [-0.1, -0.05) is 38.3 Å². The number of hydrogen-bond acceptors (Lipinski definition) is 5. The fraction of sp³-hybridized carbons (Fsp3) is 0.500. The van der Waals surface area contributed by atoms with Gasteiger partial charge in [-0.3, -0.25) is 14.5 Å². The Morgan fingerprint density at radius 1 is 1.17 bits per heavy atom. The number of nitrogens with zero attached hydrogens (tertiary/aromatic N) is 1. The number of aryl methyl sites for hydroxylation is 1. The van der Waals surface area contributed by atoms with Gasteiger partial charge in [0.1, 0.15) is 0 Å². The number of carbonyl (C=O) groups excluding carboxylic acids is 2. The van der Waals surface area contributed by atoms with Crippen LogP contribution in [0.1, 0.15) is 78.6 Å². The number of ketones is 1. The summed E-state index contributed by atoms with van der Waals surface area (Å²) in [4.78, 5) is 27.9. The number of aliphatic hydroxyl groups is 1. The van der Waals surface area contributed by atoms with Crippen molar-refractivity contribution in [2.75, 3.05) is 10.7 Å². The van der Waals surface area contributed by atoms with E-state index in [1.54, 1.807) is 30.0 Å². The average molecular weight is 446 g/mol. The molecule has 0 radical (unpaired) electrons. The molecule has 0 aliphatic carbocycles. The molecule has 2 atom stereocenters. The molecule has 1 aliphatic rings. The predicted molar refractivity (Wildman–Crippen MR) is 127 cm³/mol. The molecule has 1 saturated heterocycles. The quantitative estimate of drug-likeness (QED) is 0.341. The predicted octanol–water partition coefficient (Wildman–Crippen LogP) is 5.99. The second-order valence-corrected chi connectivity index (χ2v) is 10.2. The lowest BCUT2D eigenvalue weighted by Gasteiger charge is -2.24. The largest absolute Gasteiger partial charge is 0.388 e. The molecule has 2 heterocycles. The summed E-state index contributed by atoms with van der Waals surface area (Å²) >= 11 is 3.27. The van der Waals surface area contributed by atoms with Crippen LogP contribution in [-0.4, -0.2) is 27.9 Å². The highest BCUT2D eigenvalue weighted by molar-refractivity contribution is 8.01. The molecule has 1 aliphatic heterocycles. The topological polar surface area (TPSA) is 57.6 Å². The van der Waals surface area contributed by atoms with Crippen molar-refractivity contribution in [1.29, 1.82) is 0 Å². The Morgan fingerprint density at radius 3 is 2.60 bits per heavy atom. The Hall–Kier alpha value is -1.63. The minimum atomic E-state index is -0.434. The Labute approximate surface area is 187 Å². The first-order valence-corrected chi connectivity index (χ1v) is 12.7. The number of rotatable bonds is 11. The highest BCUT2D eigenvalue weighted by atomic mass is 32.2. The maximum Gasteiger partial charge on any atom is 0.238 e. The normalized spacial score (nSPS) is 17.5. The summed E-state index contributed by atoms with van der Waals surface area (Å²) in [6, 6.07) is 11.8. The summed E-state index contributed by atoms with van der Waals surface area (Å²) in [6.45, 7) is 3.76. The van der Waals surface area contributed by atoms with Gasteiger partial charge in [0.25, 0.3) is 0 Å². The maximum atomic E-state index is 12.5. The fourth-order valence-corrected chi connectivity index (χ4v) is 5.90. The van der Waals surface area contributed by atoms with Gasteiger partial charge in [0.15, 0.2) is 5.78 Å². The fourth-order valence-electron chi connectivity index (χ4n) is 3.76. The van der Waals surface area contributed by atoms with Gasteiger partial charge in [-0.05, 0) is 62.4 Å². The van der Waals surface area contributed by atoms with Crippen LogP contribution in [0.25, 0.3) is 0 Å². The number of hydrogen-bond donors (Lipinski definition) is 1. The molecule has 3 rings (SSSR count). The number of carbonyl (C=O) groups is 2. The average Bonchev–Trinajstić information content (AvgIpc) is 3.35. The first kappa shape index (κ1) is 23.0. The second-order valence-electron chi connectivity index (χ2n) is 7.85. The second kappa shape index (κ2) is 11.1. The van der Waals surface area contributed by atoms with Crippen molar-refractivity contribution < 1.29 is 14.7 Å². The maximum absolute atomic E-state index is 12.5. The van der Waals surface area contributed by atoms with Crippen molar-refractivity contribution in [3.8, 4) is 0 Å². The molecule has 1 N–H and O–H groups in total. The SMILES string of the molecule is CCCCCC(O)c1ccc(N2C(=O)CSC2CCCc2ccc(C(C)=O)s2)cc1. The van der Waals surface area contributed by atoms with E-state index in [0.717, 1.165) is 61.1 Å². The van der Waals surface area contributed by atoms with Gasteiger partial charge in [0.2, 0.25) is 5.91 Å². The molecule has 1 fully saturated rings. The molecule has 1 amide bonds. The van der Waals surface area contributed by atoms with E-state index in [1.807, 2.05) is 41.3 Å². The van der Waals surface area contributed by atoms with Gasteiger partial charge in [0, 0.05) is 10.6 Å². The zero-order valence-corrected chi connectivity index (χ0v) is 19.4. The number of thioether (sulfide) groups is 1. The van der Waals surface area contributed by atoms with E-state index in [0.29, 0.717) is 5.75 Å². The van der Waals surface area contributed by atoms with Crippen molar-refractivity contribution in [3.63, 3.8) is 0 Å². The number of aliphatic hydroxyl groups excluding tert-OH is 1. The third-order valence-electron chi connectivity index (χ3n) is 5.48. The Morgan fingerprint density at radius 2 is 1.93 bits per heavy atom. The highest BCUT2D eigenvalue weighted by Crippen LogP contribution is 2.34. The summed E-state index contributed by atoms with van der Waals surface area (Å²) in [7, 11) is 0. The number of anilines is 1. The molecule has 1 aromatic heterocycles. The molecule has 0 saturated carbocycles. The van der Waals surface area contributed by atoms with E-state index in [4.69, 9.17) is 0 Å². The monoisotopic (exact) mass is 445 g/mol. The van der Waals surface area contributed by atoms with Gasteiger partial charge < -0.3 is 5.11 Å². The van der Waals surface area contributed by atoms with Gasteiger partial charge >= 0.3 is 0 Å². The molecule has 0 spiro atoms. The first-order chi connectivity index (χ1) is 14.5. The van der Waals surface area contributed by atoms with Crippen LogP contribution in [0.3, 0.4) is 0 Å². The number of amides is 1. The minimum Gasteiger partial charge on any atom is -0.388 e. The highest BCUT2D eigenvalue weighted by Gasteiger charge is 2.32. The number of thiophene rings is 1. The first-order valence-electron chi connectivity index (χ1n) is 10.8. The lowest BCUT2D eigenvalue weighted by Crippen LogP contribution is -2.32. The zero-order valence-electron chi connectivity index (χ0n) is 17.8. The van der Waals surface area contributed by atoms with Crippen molar-refractivity contribution in [2.45, 2.75) is 70.3 Å².